The zero-order chi connectivity index (χ0) is 28.2. The van der Waals surface area contributed by atoms with Crippen molar-refractivity contribution in [3.05, 3.63) is 95.6 Å². The third kappa shape index (κ3) is 6.03. The summed E-state index contributed by atoms with van der Waals surface area (Å²) in [5, 5.41) is 22.1. The van der Waals surface area contributed by atoms with Crippen molar-refractivity contribution in [2.45, 2.75) is 43.6 Å². The minimum atomic E-state index is -0.401. The molecule has 0 spiro atoms. The minimum absolute atomic E-state index is 0.147. The third-order valence-corrected chi connectivity index (χ3v) is 9.05. The summed E-state index contributed by atoms with van der Waals surface area (Å²) in [4.78, 5) is 18.1. The lowest BCUT2D eigenvalue weighted by Gasteiger charge is -2.16. The van der Waals surface area contributed by atoms with Gasteiger partial charge >= 0.3 is 0 Å². The van der Waals surface area contributed by atoms with E-state index in [4.69, 9.17) is 4.98 Å². The van der Waals surface area contributed by atoms with Crippen LogP contribution in [0.4, 0.5) is 0 Å². The van der Waals surface area contributed by atoms with Gasteiger partial charge in [0.25, 0.3) is 0 Å². The zero-order valence-electron chi connectivity index (χ0n) is 22.8. The van der Waals surface area contributed by atoms with Gasteiger partial charge < -0.3 is 9.88 Å². The lowest BCUT2D eigenvalue weighted by molar-refractivity contribution is -0.119. The SMILES string of the molecule is CCC(Sc1nnc2c3ccccc3n(CCc3ccccc3)c2n1)C(=O)NC1=NN=C(c2ccc(C)cc2)CS1. The van der Waals surface area contributed by atoms with Gasteiger partial charge in [-0.15, -0.1) is 15.3 Å². The average Bonchev–Trinajstić information content (AvgIpc) is 3.33. The maximum absolute atomic E-state index is 13.2. The van der Waals surface area contributed by atoms with Gasteiger partial charge in [-0.2, -0.15) is 5.10 Å². The van der Waals surface area contributed by atoms with Crippen LogP contribution in [0.5, 0.6) is 0 Å². The second kappa shape index (κ2) is 12.2. The van der Waals surface area contributed by atoms with Crippen LogP contribution in [0.3, 0.4) is 0 Å². The quantitative estimate of drug-likeness (QED) is 0.226. The molecule has 206 valence electrons. The molecule has 0 bridgehead atoms. The highest BCUT2D eigenvalue weighted by Gasteiger charge is 2.24. The monoisotopic (exact) mass is 579 g/mol. The van der Waals surface area contributed by atoms with Gasteiger partial charge in [-0.3, -0.25) is 4.79 Å². The van der Waals surface area contributed by atoms with Crippen molar-refractivity contribution in [2.24, 2.45) is 10.2 Å². The summed E-state index contributed by atoms with van der Waals surface area (Å²) in [7, 11) is 0. The van der Waals surface area contributed by atoms with Crippen LogP contribution < -0.4 is 5.32 Å². The molecule has 0 radical (unpaired) electrons. The minimum Gasteiger partial charge on any atom is -0.323 e. The molecule has 0 fully saturated rings. The highest BCUT2D eigenvalue weighted by molar-refractivity contribution is 8.14. The molecule has 6 rings (SSSR count). The summed E-state index contributed by atoms with van der Waals surface area (Å²) >= 11 is 2.80. The third-order valence-electron chi connectivity index (χ3n) is 6.95. The van der Waals surface area contributed by atoms with Crippen LogP contribution in [0.2, 0.25) is 0 Å². The first-order chi connectivity index (χ1) is 20.1. The Bertz CT molecular complexity index is 1760. The molecule has 1 unspecified atom stereocenters. The fraction of sp³-hybridized carbons (Fsp3) is 0.226. The maximum atomic E-state index is 13.2. The Kier molecular flexibility index (Phi) is 8.11. The molecule has 2 aromatic heterocycles. The number of hydrogen-bond acceptors (Lipinski definition) is 8. The molecule has 41 heavy (non-hydrogen) atoms. The summed E-state index contributed by atoms with van der Waals surface area (Å²) in [5.41, 5.74) is 7.02. The van der Waals surface area contributed by atoms with Crippen LogP contribution >= 0.6 is 23.5 Å². The number of hydrogen-bond donors (Lipinski definition) is 1. The van der Waals surface area contributed by atoms with E-state index in [1.807, 2.05) is 37.3 Å². The van der Waals surface area contributed by atoms with Crippen LogP contribution in [0.25, 0.3) is 22.1 Å². The van der Waals surface area contributed by atoms with Gasteiger partial charge in [0.05, 0.1) is 16.5 Å². The summed E-state index contributed by atoms with van der Waals surface area (Å²) in [6.45, 7) is 4.79. The molecule has 5 aromatic rings. The van der Waals surface area contributed by atoms with Crippen molar-refractivity contribution in [3.63, 3.8) is 0 Å². The molecular weight excluding hydrogens is 551 g/mol. The average molecular weight is 580 g/mol. The van der Waals surface area contributed by atoms with Crippen molar-refractivity contribution < 1.29 is 4.79 Å². The predicted octanol–water partition coefficient (Wildman–Crippen LogP) is 6.02. The van der Waals surface area contributed by atoms with Gasteiger partial charge in [0.1, 0.15) is 5.52 Å². The number of nitrogens with zero attached hydrogens (tertiary/aromatic N) is 6. The number of carbonyl (C=O) groups is 1. The Balaban J connectivity index is 1.20. The first-order valence-electron chi connectivity index (χ1n) is 13.6. The molecule has 1 aliphatic rings. The molecule has 3 heterocycles. The Morgan fingerprint density at radius 1 is 1.00 bits per heavy atom. The molecule has 8 nitrogen and oxygen atoms in total. The number of thioether (sulfide) groups is 2. The van der Waals surface area contributed by atoms with Gasteiger partial charge in [0.2, 0.25) is 11.1 Å². The molecule has 0 saturated heterocycles. The van der Waals surface area contributed by atoms with E-state index in [-0.39, 0.29) is 5.91 Å². The standard InChI is InChI=1S/C31H29N7OS2/c1-3-26(29(39)33-30-36-34-24(19-40-30)22-15-13-20(2)14-16-22)41-31-32-28-27(35-37-31)23-11-7-8-12-25(23)38(28)18-17-21-9-5-4-6-10-21/h4-16,26H,3,17-19H2,1-2H3,(H,33,36,39). The van der Waals surface area contributed by atoms with Crippen molar-refractivity contribution in [1.82, 2.24) is 25.1 Å². The Morgan fingerprint density at radius 2 is 1.78 bits per heavy atom. The number of benzene rings is 3. The molecule has 1 N–H and O–H groups in total. The number of aromatic nitrogens is 4. The highest BCUT2D eigenvalue weighted by atomic mass is 32.2. The molecular formula is C31H29N7OS2. The number of amidine groups is 1. The van der Waals surface area contributed by atoms with E-state index >= 15 is 0 Å². The predicted molar refractivity (Wildman–Crippen MR) is 169 cm³/mol. The second-order valence-electron chi connectivity index (χ2n) is 9.78. The first-order valence-corrected chi connectivity index (χ1v) is 15.4. The number of aryl methyl sites for hydroxylation is 3. The molecule has 1 amide bonds. The second-order valence-corrected chi connectivity index (χ2v) is 11.9. The van der Waals surface area contributed by atoms with E-state index < -0.39 is 5.25 Å². The van der Waals surface area contributed by atoms with E-state index in [1.165, 1.54) is 34.7 Å². The topological polar surface area (TPSA) is 97.4 Å². The van der Waals surface area contributed by atoms with Crippen LogP contribution in [0.15, 0.2) is 94.2 Å². The Labute approximate surface area is 246 Å². The summed E-state index contributed by atoms with van der Waals surface area (Å²) < 4.78 is 2.20. The van der Waals surface area contributed by atoms with Crippen LogP contribution in [0.1, 0.15) is 30.0 Å². The summed E-state index contributed by atoms with van der Waals surface area (Å²) in [5.74, 6) is 0.495. The lowest BCUT2D eigenvalue weighted by Crippen LogP contribution is -2.37. The van der Waals surface area contributed by atoms with E-state index in [0.717, 1.165) is 46.3 Å². The van der Waals surface area contributed by atoms with Gasteiger partial charge in [-0.25, -0.2) is 4.98 Å². The molecule has 0 aliphatic carbocycles. The van der Waals surface area contributed by atoms with Gasteiger partial charge in [-0.05, 0) is 37.0 Å². The number of para-hydroxylation sites is 1. The Hall–Kier alpha value is -4.02. The number of rotatable bonds is 8. The normalized spacial score (nSPS) is 14.1. The van der Waals surface area contributed by atoms with Crippen LogP contribution in [0, 0.1) is 6.92 Å². The van der Waals surface area contributed by atoms with E-state index in [1.54, 1.807) is 0 Å². The van der Waals surface area contributed by atoms with E-state index in [9.17, 15) is 4.79 Å². The molecule has 10 heteroatoms. The lowest BCUT2D eigenvalue weighted by atomic mass is 10.1. The van der Waals surface area contributed by atoms with Crippen LogP contribution in [-0.2, 0) is 17.8 Å². The van der Waals surface area contributed by atoms with Gasteiger partial charge in [0.15, 0.2) is 10.8 Å². The highest BCUT2D eigenvalue weighted by Crippen LogP contribution is 2.29. The number of fused-ring (bicyclic) bond motifs is 3. The largest absolute Gasteiger partial charge is 0.323 e. The smallest absolute Gasteiger partial charge is 0.239 e. The van der Waals surface area contributed by atoms with Crippen molar-refractivity contribution >= 4 is 62.4 Å². The molecule has 3 aromatic carbocycles. The molecule has 1 atom stereocenters. The number of nitrogens with one attached hydrogen (secondary N) is 1. The summed E-state index contributed by atoms with van der Waals surface area (Å²) in [6, 6.07) is 26.8. The first kappa shape index (κ1) is 27.2. The number of amides is 1. The maximum Gasteiger partial charge on any atom is 0.239 e. The van der Waals surface area contributed by atoms with Gasteiger partial charge in [-0.1, -0.05) is 109 Å². The Morgan fingerprint density at radius 3 is 2.54 bits per heavy atom. The summed E-state index contributed by atoms with van der Waals surface area (Å²) in [6.07, 6.45) is 1.47. The van der Waals surface area contributed by atoms with Crippen molar-refractivity contribution in [1.29, 1.82) is 0 Å². The zero-order valence-corrected chi connectivity index (χ0v) is 24.5. The van der Waals surface area contributed by atoms with Crippen molar-refractivity contribution in [3.8, 4) is 0 Å². The van der Waals surface area contributed by atoms with Crippen LogP contribution in [-0.4, -0.2) is 47.5 Å². The number of carbonyl (C=O) groups excluding carboxylic acids is 1. The fourth-order valence-corrected chi connectivity index (χ4v) is 6.32. The van der Waals surface area contributed by atoms with Gasteiger partial charge in [0, 0.05) is 17.7 Å². The van der Waals surface area contributed by atoms with E-state index in [2.05, 4.69) is 85.7 Å². The van der Waals surface area contributed by atoms with Crippen molar-refractivity contribution in [2.75, 3.05) is 5.75 Å². The van der Waals surface area contributed by atoms with E-state index in [0.29, 0.717) is 22.5 Å². The molecule has 0 saturated carbocycles. The fourth-order valence-electron chi connectivity index (χ4n) is 4.73. The molecule has 1 aliphatic heterocycles.